The van der Waals surface area contributed by atoms with Crippen molar-refractivity contribution in [2.24, 2.45) is 0 Å². The molecule has 1 aromatic heterocycles. The van der Waals surface area contributed by atoms with Crippen LogP contribution in [0.25, 0.3) is 0 Å². The van der Waals surface area contributed by atoms with E-state index in [4.69, 9.17) is 65.8 Å². The van der Waals surface area contributed by atoms with E-state index in [1.54, 1.807) is 0 Å². The molecule has 0 aromatic carbocycles. The Labute approximate surface area is 296 Å². The molecule has 22 nitrogen and oxygen atoms in total. The Morgan fingerprint density at radius 1 is 0.667 bits per heavy atom. The summed E-state index contributed by atoms with van der Waals surface area (Å²) in [6, 6.07) is 0. The molecule has 6 fully saturated rings. The van der Waals surface area contributed by atoms with Crippen molar-refractivity contribution in [3.8, 4) is 0 Å². The average molecular weight is 779 g/mol. The molecule has 1 aromatic rings. The second-order valence-electron chi connectivity index (χ2n) is 12.9. The van der Waals surface area contributed by atoms with E-state index < -0.39 is 151 Å². The summed E-state index contributed by atoms with van der Waals surface area (Å²) >= 11 is 12.4. The van der Waals surface area contributed by atoms with Crippen LogP contribution < -0.4 is 0 Å². The molecular weight excluding hydrogens is 741 g/mol. The Morgan fingerprint density at radius 3 is 1.98 bits per heavy atom. The third-order valence-electron chi connectivity index (χ3n) is 9.82. The van der Waals surface area contributed by atoms with Gasteiger partial charge in [0, 0.05) is 0 Å². The maximum Gasteiger partial charge on any atom is 0.246 e. The van der Waals surface area contributed by atoms with Crippen LogP contribution in [0, 0.1) is 0 Å². The summed E-state index contributed by atoms with van der Waals surface area (Å²) in [5.74, 6) is -2.62. The van der Waals surface area contributed by atoms with E-state index >= 15 is 0 Å². The van der Waals surface area contributed by atoms with Gasteiger partial charge in [0.2, 0.25) is 5.79 Å². The quantitative estimate of drug-likeness (QED) is 0.111. The lowest BCUT2D eigenvalue weighted by atomic mass is 9.89. The van der Waals surface area contributed by atoms with E-state index in [1.807, 2.05) is 0 Å². The zero-order valence-corrected chi connectivity index (χ0v) is 27.6. The maximum atomic E-state index is 11.4. The van der Waals surface area contributed by atoms with Gasteiger partial charge in [-0.2, -0.15) is 0 Å². The van der Waals surface area contributed by atoms with Gasteiger partial charge in [0.1, 0.15) is 108 Å². The Bertz CT molecular complexity index is 1390. The van der Waals surface area contributed by atoms with Gasteiger partial charge in [-0.3, -0.25) is 0 Å². The molecule has 51 heavy (non-hydrogen) atoms. The molecule has 7 rings (SSSR count). The fraction of sp³-hybridized carbons (Fsp3) is 0.889. The van der Waals surface area contributed by atoms with Crippen LogP contribution in [0.2, 0.25) is 10.2 Å². The lowest BCUT2D eigenvalue weighted by molar-refractivity contribution is -0.407. The van der Waals surface area contributed by atoms with E-state index in [2.05, 4.69) is 15.4 Å². The number of halogens is 2. The van der Waals surface area contributed by atoms with Gasteiger partial charge in [-0.05, 0) is 5.21 Å². The molecule has 0 unspecified atom stereocenters. The number of nitrogens with zero attached hydrogens (tertiary/aromatic N) is 3. The van der Waals surface area contributed by atoms with Gasteiger partial charge >= 0.3 is 0 Å². The first-order chi connectivity index (χ1) is 24.3. The molecule has 6 saturated heterocycles. The van der Waals surface area contributed by atoms with Crippen molar-refractivity contribution in [2.45, 2.75) is 122 Å². The number of hydrogen-bond acceptors (Lipinski definition) is 22. The number of aliphatic hydroxyl groups is 10. The SMILES string of the molecule is OC[C@H]1O[C@](O[C@@H]2[C@H]3OC[C@@H]2O[C@@H](O[C@@H]2[C@@H](O)[C@H](O[C@@H]4[C@H]5OC[C@@H]4O[C@@H](O)[C@H]5O)O[C@H](CO)[C@H]2O)[C@H]3O)(c2nnnc(Cl)c2Cl)[C@H](O)[C@@H](O)[C@H]1O. The molecule has 6 aliphatic heterocycles. The molecule has 0 saturated carbocycles. The summed E-state index contributed by atoms with van der Waals surface area (Å²) in [6.07, 6.45) is -29.0. The third-order valence-corrected chi connectivity index (χ3v) is 10.5. The second kappa shape index (κ2) is 14.8. The van der Waals surface area contributed by atoms with E-state index in [9.17, 15) is 51.1 Å². The average Bonchev–Trinajstić information content (AvgIpc) is 3.60. The van der Waals surface area contributed by atoms with Crippen LogP contribution in [-0.4, -0.2) is 209 Å². The van der Waals surface area contributed by atoms with Crippen LogP contribution in [0.4, 0.5) is 0 Å². The van der Waals surface area contributed by atoms with Crippen molar-refractivity contribution in [3.63, 3.8) is 0 Å². The van der Waals surface area contributed by atoms with Gasteiger partial charge < -0.3 is 93.7 Å². The van der Waals surface area contributed by atoms with Gasteiger partial charge in [-0.15, -0.1) is 10.2 Å². The van der Waals surface area contributed by atoms with Crippen LogP contribution >= 0.6 is 23.2 Å². The lowest BCUT2D eigenvalue weighted by Gasteiger charge is -2.50. The number of aromatic nitrogens is 3. The molecule has 0 spiro atoms. The highest BCUT2D eigenvalue weighted by atomic mass is 35.5. The predicted molar refractivity (Wildman–Crippen MR) is 155 cm³/mol. The first-order valence-electron chi connectivity index (χ1n) is 15.9. The number of ether oxygens (including phenoxy) is 9. The largest absolute Gasteiger partial charge is 0.394 e. The Balaban J connectivity index is 1.11. The summed E-state index contributed by atoms with van der Waals surface area (Å²) < 4.78 is 51.8. The van der Waals surface area contributed by atoms with Crippen molar-refractivity contribution in [1.82, 2.24) is 15.4 Å². The monoisotopic (exact) mass is 777 g/mol. The van der Waals surface area contributed by atoms with Gasteiger partial charge in [-0.25, -0.2) is 0 Å². The van der Waals surface area contributed by atoms with Crippen molar-refractivity contribution >= 4 is 23.2 Å². The zero-order valence-electron chi connectivity index (χ0n) is 26.0. The zero-order chi connectivity index (χ0) is 36.5. The first kappa shape index (κ1) is 38.1. The van der Waals surface area contributed by atoms with E-state index in [0.717, 1.165) is 0 Å². The summed E-state index contributed by atoms with van der Waals surface area (Å²) in [5, 5.41) is 116. The van der Waals surface area contributed by atoms with Gasteiger partial charge in [-0.1, -0.05) is 23.2 Å². The maximum absolute atomic E-state index is 11.4. The number of hydrogen-bond donors (Lipinski definition) is 10. The number of aliphatic hydroxyl groups excluding tert-OH is 10. The van der Waals surface area contributed by atoms with Crippen molar-refractivity contribution in [2.75, 3.05) is 26.4 Å². The Kier molecular flexibility index (Phi) is 11.1. The van der Waals surface area contributed by atoms with Crippen LogP contribution in [0.15, 0.2) is 0 Å². The van der Waals surface area contributed by atoms with Gasteiger partial charge in [0.25, 0.3) is 0 Å². The van der Waals surface area contributed by atoms with E-state index in [1.165, 1.54) is 0 Å². The molecule has 0 amide bonds. The Morgan fingerprint density at radius 2 is 1.29 bits per heavy atom. The highest BCUT2D eigenvalue weighted by Crippen LogP contribution is 2.46. The van der Waals surface area contributed by atoms with E-state index in [0.29, 0.717) is 0 Å². The number of fused-ring (bicyclic) bond motifs is 4. The molecular formula is C27H37Cl2N3O19. The van der Waals surface area contributed by atoms with Crippen LogP contribution in [-0.2, 0) is 48.4 Å². The summed E-state index contributed by atoms with van der Waals surface area (Å²) in [6.45, 7) is -1.94. The molecule has 6 aliphatic rings. The van der Waals surface area contributed by atoms with Crippen molar-refractivity contribution < 1.29 is 93.7 Å². The summed E-state index contributed by atoms with van der Waals surface area (Å²) in [5.41, 5.74) is -0.507. The van der Waals surface area contributed by atoms with Gasteiger partial charge in [0.15, 0.2) is 24.0 Å². The van der Waals surface area contributed by atoms with Crippen LogP contribution in [0.5, 0.6) is 0 Å². The number of rotatable bonds is 9. The molecule has 10 N–H and O–H groups in total. The normalized spacial score (nSPS) is 51.2. The van der Waals surface area contributed by atoms with Crippen molar-refractivity contribution in [3.05, 3.63) is 15.9 Å². The van der Waals surface area contributed by atoms with Crippen LogP contribution in [0.3, 0.4) is 0 Å². The molecule has 288 valence electrons. The minimum Gasteiger partial charge on any atom is -0.394 e. The fourth-order valence-electron chi connectivity index (χ4n) is 7.13. The van der Waals surface area contributed by atoms with Gasteiger partial charge in [0.05, 0.1) is 26.4 Å². The molecule has 4 bridgehead atoms. The third kappa shape index (κ3) is 6.45. The Hall–Kier alpha value is -1.17. The summed E-state index contributed by atoms with van der Waals surface area (Å²) in [4.78, 5) is 0. The molecule has 7 heterocycles. The predicted octanol–water partition coefficient (Wildman–Crippen LogP) is -6.64. The standard InChI is InChI=1S/C27H37Cl2N3O19/c28-9-21(30-32-31-23(9)29)27(22(41)12(37)10(35)6(2-34)50-27)51-17-8-4-44-20(17)15(40)26(47-8)49-18-11(36)5(1-33)46-25(14(18)39)48-16-7-3-43-19(16)13(38)24(42)45-7/h5-8,10-20,22,24-26,33-42H,1-4H2/t5-,6-,7+,8+,10+,11-,12+,13+,14-,15+,16+,17+,18+,19+,20+,22-,24-,25+,26+,27+/m1/s1. The topological polar surface area (TPSA) is 324 Å². The van der Waals surface area contributed by atoms with E-state index in [-0.39, 0.29) is 13.2 Å². The molecule has 24 heteroatoms. The molecule has 20 atom stereocenters. The van der Waals surface area contributed by atoms with Crippen molar-refractivity contribution in [1.29, 1.82) is 0 Å². The first-order valence-corrected chi connectivity index (χ1v) is 16.6. The lowest BCUT2D eigenvalue weighted by Crippen LogP contribution is -2.68. The smallest absolute Gasteiger partial charge is 0.246 e. The summed E-state index contributed by atoms with van der Waals surface area (Å²) in [7, 11) is 0. The minimum atomic E-state index is -2.62. The highest BCUT2D eigenvalue weighted by molar-refractivity contribution is 6.41. The molecule has 0 aliphatic carbocycles. The fourth-order valence-corrected chi connectivity index (χ4v) is 7.46. The minimum absolute atomic E-state index is 0.0527. The second-order valence-corrected chi connectivity index (χ2v) is 13.6. The highest BCUT2D eigenvalue weighted by Gasteiger charge is 2.63. The van der Waals surface area contributed by atoms with Crippen LogP contribution in [0.1, 0.15) is 5.69 Å². The molecule has 0 radical (unpaired) electrons.